The second-order valence-electron chi connectivity index (χ2n) is 3.89. The van der Waals surface area contributed by atoms with E-state index in [1.54, 1.807) is 23.9 Å². The molecule has 1 nitrogen and oxygen atoms in total. The molecule has 0 radical (unpaired) electrons. The lowest BCUT2D eigenvalue weighted by Crippen LogP contribution is -2.17. The molecule has 1 N–H and O–H groups in total. The van der Waals surface area contributed by atoms with E-state index < -0.39 is 0 Å². The van der Waals surface area contributed by atoms with Gasteiger partial charge in [0.05, 0.1) is 0 Å². The second kappa shape index (κ2) is 5.52. The highest BCUT2D eigenvalue weighted by molar-refractivity contribution is 7.99. The molecule has 3 heteroatoms. The molecule has 1 aliphatic rings. The van der Waals surface area contributed by atoms with Crippen LogP contribution >= 0.6 is 11.8 Å². The Labute approximate surface area is 94.5 Å². The molecular formula is C12H16FNS. The molecule has 0 unspecified atom stereocenters. The number of nitrogens with one attached hydrogen (secondary N) is 1. The first-order chi connectivity index (χ1) is 7.34. The van der Waals surface area contributed by atoms with Gasteiger partial charge in [0.2, 0.25) is 0 Å². The molecule has 82 valence electrons. The van der Waals surface area contributed by atoms with Crippen molar-refractivity contribution in [1.29, 1.82) is 0 Å². The van der Waals surface area contributed by atoms with E-state index in [0.717, 1.165) is 29.7 Å². The van der Waals surface area contributed by atoms with Crippen LogP contribution in [0.25, 0.3) is 0 Å². The zero-order valence-corrected chi connectivity index (χ0v) is 9.52. The van der Waals surface area contributed by atoms with E-state index >= 15 is 0 Å². The quantitative estimate of drug-likeness (QED) is 0.590. The summed E-state index contributed by atoms with van der Waals surface area (Å²) in [7, 11) is 0. The zero-order chi connectivity index (χ0) is 10.5. The highest BCUT2D eigenvalue weighted by Gasteiger charge is 2.19. The van der Waals surface area contributed by atoms with Crippen LogP contribution in [0.1, 0.15) is 19.3 Å². The Morgan fingerprint density at radius 2 is 2.27 bits per heavy atom. The number of halogens is 1. The summed E-state index contributed by atoms with van der Waals surface area (Å²) >= 11 is 1.73. The first-order valence-corrected chi connectivity index (χ1v) is 6.45. The van der Waals surface area contributed by atoms with Crippen LogP contribution in [0.5, 0.6) is 0 Å². The fourth-order valence-electron chi connectivity index (χ4n) is 1.41. The van der Waals surface area contributed by atoms with Crippen LogP contribution in [0.3, 0.4) is 0 Å². The number of benzene rings is 1. The van der Waals surface area contributed by atoms with Gasteiger partial charge in [-0.15, -0.1) is 11.8 Å². The Kier molecular flexibility index (Phi) is 4.03. The van der Waals surface area contributed by atoms with Crippen LogP contribution in [-0.2, 0) is 0 Å². The van der Waals surface area contributed by atoms with E-state index in [9.17, 15) is 4.39 Å². The highest BCUT2D eigenvalue weighted by Crippen LogP contribution is 2.20. The predicted molar refractivity (Wildman–Crippen MR) is 62.8 cm³/mol. The third-order valence-corrected chi connectivity index (χ3v) is 3.48. The zero-order valence-electron chi connectivity index (χ0n) is 8.71. The van der Waals surface area contributed by atoms with Crippen LogP contribution in [0, 0.1) is 5.82 Å². The van der Waals surface area contributed by atoms with E-state index in [1.165, 1.54) is 18.9 Å². The molecule has 0 aromatic heterocycles. The molecule has 0 bridgehead atoms. The van der Waals surface area contributed by atoms with Crippen molar-refractivity contribution in [2.24, 2.45) is 0 Å². The molecule has 1 saturated carbocycles. The van der Waals surface area contributed by atoms with Gasteiger partial charge in [0.25, 0.3) is 0 Å². The molecule has 1 aromatic rings. The topological polar surface area (TPSA) is 12.0 Å². The van der Waals surface area contributed by atoms with Crippen molar-refractivity contribution >= 4 is 11.8 Å². The summed E-state index contributed by atoms with van der Waals surface area (Å²) in [6.07, 6.45) is 3.84. The molecular weight excluding hydrogens is 209 g/mol. The molecule has 15 heavy (non-hydrogen) atoms. The van der Waals surface area contributed by atoms with Gasteiger partial charge in [0, 0.05) is 10.9 Å². The fraction of sp³-hybridized carbons (Fsp3) is 0.500. The summed E-state index contributed by atoms with van der Waals surface area (Å²) in [6.45, 7) is 1.09. The first-order valence-electron chi connectivity index (χ1n) is 5.46. The van der Waals surface area contributed by atoms with E-state index in [2.05, 4.69) is 5.32 Å². The van der Waals surface area contributed by atoms with Gasteiger partial charge >= 0.3 is 0 Å². The number of hydrogen-bond donors (Lipinski definition) is 1. The minimum Gasteiger partial charge on any atom is -0.314 e. The molecule has 0 aliphatic heterocycles. The normalized spacial score (nSPS) is 15.5. The minimum absolute atomic E-state index is 0.142. The van der Waals surface area contributed by atoms with Gasteiger partial charge in [0.1, 0.15) is 5.82 Å². The third-order valence-electron chi connectivity index (χ3n) is 2.40. The van der Waals surface area contributed by atoms with E-state index in [0.29, 0.717) is 0 Å². The molecule has 1 aliphatic carbocycles. The second-order valence-corrected chi connectivity index (χ2v) is 5.06. The van der Waals surface area contributed by atoms with E-state index in [-0.39, 0.29) is 5.82 Å². The SMILES string of the molecule is Fc1cccc(SCCCNC2CC2)c1. The largest absolute Gasteiger partial charge is 0.314 e. The van der Waals surface area contributed by atoms with E-state index in [1.807, 2.05) is 6.07 Å². The maximum absolute atomic E-state index is 12.8. The summed E-state index contributed by atoms with van der Waals surface area (Å²) in [5, 5.41) is 3.47. The van der Waals surface area contributed by atoms with Gasteiger partial charge < -0.3 is 5.32 Å². The molecule has 0 spiro atoms. The van der Waals surface area contributed by atoms with Gasteiger partial charge in [-0.1, -0.05) is 6.07 Å². The van der Waals surface area contributed by atoms with Crippen molar-refractivity contribution < 1.29 is 4.39 Å². The molecule has 0 saturated heterocycles. The third kappa shape index (κ3) is 4.22. The van der Waals surface area contributed by atoms with Crippen LogP contribution in [-0.4, -0.2) is 18.3 Å². The molecule has 0 atom stereocenters. The van der Waals surface area contributed by atoms with Crippen LogP contribution in [0.2, 0.25) is 0 Å². The average molecular weight is 225 g/mol. The molecule has 0 heterocycles. The maximum Gasteiger partial charge on any atom is 0.124 e. The van der Waals surface area contributed by atoms with Crippen molar-refractivity contribution in [3.05, 3.63) is 30.1 Å². The summed E-state index contributed by atoms with van der Waals surface area (Å²) in [5.74, 6) is 0.916. The monoisotopic (exact) mass is 225 g/mol. The van der Waals surface area contributed by atoms with Gasteiger partial charge in [-0.2, -0.15) is 0 Å². The van der Waals surface area contributed by atoms with Gasteiger partial charge in [-0.05, 0) is 49.8 Å². The Bertz CT molecular complexity index is 312. The highest BCUT2D eigenvalue weighted by atomic mass is 32.2. The van der Waals surface area contributed by atoms with Crippen LogP contribution in [0.4, 0.5) is 4.39 Å². The van der Waals surface area contributed by atoms with Crippen LogP contribution < -0.4 is 5.32 Å². The van der Waals surface area contributed by atoms with Crippen LogP contribution in [0.15, 0.2) is 29.2 Å². The summed E-state index contributed by atoms with van der Waals surface area (Å²) in [5.41, 5.74) is 0. The molecule has 1 aromatic carbocycles. The average Bonchev–Trinajstić information content (AvgIpc) is 3.01. The van der Waals surface area contributed by atoms with Crippen molar-refractivity contribution in [3.63, 3.8) is 0 Å². The molecule has 1 fully saturated rings. The Morgan fingerprint density at radius 1 is 1.40 bits per heavy atom. The Morgan fingerprint density at radius 3 is 3.00 bits per heavy atom. The van der Waals surface area contributed by atoms with Crippen molar-refractivity contribution in [3.8, 4) is 0 Å². The van der Waals surface area contributed by atoms with Gasteiger partial charge in [-0.25, -0.2) is 4.39 Å². The Balaban J connectivity index is 1.60. The first kappa shape index (κ1) is 11.0. The van der Waals surface area contributed by atoms with E-state index in [4.69, 9.17) is 0 Å². The number of rotatable bonds is 6. The summed E-state index contributed by atoms with van der Waals surface area (Å²) in [6, 6.07) is 7.60. The Hall–Kier alpha value is -0.540. The van der Waals surface area contributed by atoms with Crippen molar-refractivity contribution in [2.45, 2.75) is 30.2 Å². The lowest BCUT2D eigenvalue weighted by molar-refractivity contribution is 0.624. The lowest BCUT2D eigenvalue weighted by atomic mass is 10.4. The molecule has 2 rings (SSSR count). The number of hydrogen-bond acceptors (Lipinski definition) is 2. The smallest absolute Gasteiger partial charge is 0.124 e. The fourth-order valence-corrected chi connectivity index (χ4v) is 2.31. The summed E-state index contributed by atoms with van der Waals surface area (Å²) < 4.78 is 12.8. The standard InChI is InChI=1S/C12H16FNS/c13-10-3-1-4-12(9-10)15-8-2-7-14-11-5-6-11/h1,3-4,9,11,14H,2,5-8H2. The van der Waals surface area contributed by atoms with Crippen molar-refractivity contribution in [2.75, 3.05) is 12.3 Å². The maximum atomic E-state index is 12.8. The van der Waals surface area contributed by atoms with Gasteiger partial charge in [-0.3, -0.25) is 0 Å². The number of thioether (sulfide) groups is 1. The molecule has 0 amide bonds. The van der Waals surface area contributed by atoms with Crippen molar-refractivity contribution in [1.82, 2.24) is 5.32 Å². The lowest BCUT2D eigenvalue weighted by Gasteiger charge is -2.03. The summed E-state index contributed by atoms with van der Waals surface area (Å²) in [4.78, 5) is 1.03. The van der Waals surface area contributed by atoms with Gasteiger partial charge in [0.15, 0.2) is 0 Å². The predicted octanol–water partition coefficient (Wildman–Crippen LogP) is 3.06. The minimum atomic E-state index is -0.142.